The molecule has 4 nitrogen and oxygen atoms in total. The summed E-state index contributed by atoms with van der Waals surface area (Å²) in [5, 5.41) is 3.71. The van der Waals surface area contributed by atoms with Crippen molar-refractivity contribution < 1.29 is 4.39 Å². The molecule has 0 spiro atoms. The van der Waals surface area contributed by atoms with E-state index in [-0.39, 0.29) is 16.9 Å². The van der Waals surface area contributed by atoms with Gasteiger partial charge in [-0.25, -0.2) is 9.37 Å². The van der Waals surface area contributed by atoms with Gasteiger partial charge >= 0.3 is 0 Å². The molecule has 0 bridgehead atoms. The van der Waals surface area contributed by atoms with Gasteiger partial charge in [0.15, 0.2) is 0 Å². The summed E-state index contributed by atoms with van der Waals surface area (Å²) in [4.78, 5) is 21.0. The molecule has 0 unspecified atom stereocenters. The van der Waals surface area contributed by atoms with Gasteiger partial charge in [0.05, 0.1) is 5.39 Å². The zero-order valence-electron chi connectivity index (χ0n) is 12.5. The van der Waals surface area contributed by atoms with Gasteiger partial charge in [-0.3, -0.25) is 9.78 Å². The molecule has 114 valence electrons. The highest BCUT2D eigenvalue weighted by Gasteiger charge is 2.14. The smallest absolute Gasteiger partial charge is 0.261 e. The molecule has 0 radical (unpaired) electrons. The van der Waals surface area contributed by atoms with Crippen LogP contribution in [0, 0.1) is 5.82 Å². The summed E-state index contributed by atoms with van der Waals surface area (Å²) in [6.45, 7) is 5.99. The van der Waals surface area contributed by atoms with Gasteiger partial charge in [-0.15, -0.1) is 11.3 Å². The van der Waals surface area contributed by atoms with Gasteiger partial charge in [-0.2, -0.15) is 0 Å². The van der Waals surface area contributed by atoms with E-state index in [2.05, 4.69) is 15.3 Å². The fourth-order valence-electron chi connectivity index (χ4n) is 2.10. The summed E-state index contributed by atoms with van der Waals surface area (Å²) in [5.74, 6) is 0.176. The number of anilines is 1. The highest BCUT2D eigenvalue weighted by Crippen LogP contribution is 2.31. The lowest BCUT2D eigenvalue weighted by Gasteiger charge is -2.20. The van der Waals surface area contributed by atoms with Crippen LogP contribution in [0.3, 0.4) is 0 Å². The number of halogens is 1. The Balaban J connectivity index is 2.08. The predicted molar refractivity (Wildman–Crippen MR) is 89.0 cm³/mol. The number of fused-ring (bicyclic) bond motifs is 1. The number of nitrogens with zero attached hydrogens (tertiary/aromatic N) is 1. The topological polar surface area (TPSA) is 57.8 Å². The fraction of sp³-hybridized carbons (Fsp3) is 0.250. The number of thiophene rings is 1. The molecule has 22 heavy (non-hydrogen) atoms. The highest BCUT2D eigenvalue weighted by molar-refractivity contribution is 7.21. The van der Waals surface area contributed by atoms with E-state index in [1.54, 1.807) is 18.2 Å². The maximum atomic E-state index is 13.0. The van der Waals surface area contributed by atoms with E-state index >= 15 is 0 Å². The van der Waals surface area contributed by atoms with Crippen molar-refractivity contribution in [2.45, 2.75) is 26.3 Å². The molecule has 0 saturated carbocycles. The Kier molecular flexibility index (Phi) is 3.48. The lowest BCUT2D eigenvalue weighted by Crippen LogP contribution is -2.28. The summed E-state index contributed by atoms with van der Waals surface area (Å²) >= 11 is 1.42. The van der Waals surface area contributed by atoms with Crippen LogP contribution in [0.15, 0.2) is 35.1 Å². The van der Waals surface area contributed by atoms with Crippen LogP contribution in [0.4, 0.5) is 10.3 Å². The maximum Gasteiger partial charge on any atom is 0.261 e. The minimum Gasteiger partial charge on any atom is -0.351 e. The number of aromatic nitrogens is 2. The molecule has 6 heteroatoms. The second-order valence-electron chi connectivity index (χ2n) is 6.13. The van der Waals surface area contributed by atoms with Crippen LogP contribution in [0.1, 0.15) is 20.8 Å². The van der Waals surface area contributed by atoms with Gasteiger partial charge < -0.3 is 5.32 Å². The van der Waals surface area contributed by atoms with Crippen molar-refractivity contribution >= 4 is 27.5 Å². The van der Waals surface area contributed by atoms with E-state index < -0.39 is 0 Å². The average Bonchev–Trinajstić information content (AvgIpc) is 2.82. The van der Waals surface area contributed by atoms with Crippen molar-refractivity contribution in [3.8, 4) is 10.4 Å². The first-order valence-electron chi connectivity index (χ1n) is 6.90. The molecule has 3 rings (SSSR count). The van der Waals surface area contributed by atoms with Gasteiger partial charge in [0, 0.05) is 10.4 Å². The Bertz CT molecular complexity index is 875. The number of aromatic amines is 1. The number of H-pyrrole nitrogens is 1. The summed E-state index contributed by atoms with van der Waals surface area (Å²) in [7, 11) is 0. The van der Waals surface area contributed by atoms with Crippen LogP contribution in [0.5, 0.6) is 0 Å². The zero-order valence-corrected chi connectivity index (χ0v) is 13.3. The number of nitrogens with one attached hydrogen (secondary N) is 2. The van der Waals surface area contributed by atoms with Gasteiger partial charge in [0.1, 0.15) is 10.6 Å². The Morgan fingerprint density at radius 3 is 2.55 bits per heavy atom. The second-order valence-corrected chi connectivity index (χ2v) is 7.16. The molecule has 0 aliphatic rings. The molecule has 0 amide bonds. The quantitative estimate of drug-likeness (QED) is 0.751. The van der Waals surface area contributed by atoms with E-state index in [9.17, 15) is 9.18 Å². The molecule has 0 saturated heterocycles. The molecule has 2 aromatic heterocycles. The van der Waals surface area contributed by atoms with Crippen molar-refractivity contribution in [2.75, 3.05) is 5.32 Å². The molecular formula is C16H16FN3OS. The van der Waals surface area contributed by atoms with Crippen LogP contribution in [-0.2, 0) is 0 Å². The van der Waals surface area contributed by atoms with Crippen LogP contribution in [0.25, 0.3) is 20.7 Å². The molecule has 3 aromatic rings. The van der Waals surface area contributed by atoms with Gasteiger partial charge in [-0.1, -0.05) is 12.1 Å². The lowest BCUT2D eigenvalue weighted by molar-refractivity contribution is 0.626. The van der Waals surface area contributed by atoms with E-state index in [0.717, 1.165) is 10.4 Å². The number of hydrogen-bond acceptors (Lipinski definition) is 4. The zero-order chi connectivity index (χ0) is 15.9. The van der Waals surface area contributed by atoms with Crippen molar-refractivity contribution in [1.82, 2.24) is 9.97 Å². The minimum absolute atomic E-state index is 0.179. The van der Waals surface area contributed by atoms with Crippen molar-refractivity contribution in [1.29, 1.82) is 0 Å². The van der Waals surface area contributed by atoms with Crippen LogP contribution >= 0.6 is 11.3 Å². The third-order valence-corrected chi connectivity index (χ3v) is 4.10. The fourth-order valence-corrected chi connectivity index (χ4v) is 3.14. The molecule has 2 heterocycles. The van der Waals surface area contributed by atoms with Gasteiger partial charge in [0.25, 0.3) is 5.56 Å². The first-order valence-corrected chi connectivity index (χ1v) is 7.71. The van der Waals surface area contributed by atoms with Crippen LogP contribution in [-0.4, -0.2) is 15.5 Å². The Morgan fingerprint density at radius 2 is 1.91 bits per heavy atom. The van der Waals surface area contributed by atoms with Gasteiger partial charge in [0.2, 0.25) is 5.95 Å². The Hall–Kier alpha value is -2.21. The largest absolute Gasteiger partial charge is 0.351 e. The normalized spacial score (nSPS) is 11.8. The first-order chi connectivity index (χ1) is 10.3. The minimum atomic E-state index is -0.280. The number of rotatable bonds is 2. The average molecular weight is 317 g/mol. The lowest BCUT2D eigenvalue weighted by atomic mass is 10.1. The predicted octanol–water partition coefficient (Wildman–Crippen LogP) is 4.00. The third-order valence-electron chi connectivity index (χ3n) is 3.02. The monoisotopic (exact) mass is 317 g/mol. The van der Waals surface area contributed by atoms with Crippen molar-refractivity contribution in [2.24, 2.45) is 0 Å². The summed E-state index contributed by atoms with van der Waals surface area (Å²) in [6, 6.07) is 8.00. The van der Waals surface area contributed by atoms with Crippen LogP contribution in [0.2, 0.25) is 0 Å². The van der Waals surface area contributed by atoms with E-state index in [4.69, 9.17) is 0 Å². The third kappa shape index (κ3) is 3.01. The number of benzene rings is 1. The van der Waals surface area contributed by atoms with Crippen molar-refractivity contribution in [3.63, 3.8) is 0 Å². The molecule has 0 aliphatic carbocycles. The van der Waals surface area contributed by atoms with E-state index in [1.807, 2.05) is 20.8 Å². The highest BCUT2D eigenvalue weighted by atomic mass is 32.1. The molecule has 0 aliphatic heterocycles. The number of hydrogen-bond donors (Lipinski definition) is 2. The summed E-state index contributed by atoms with van der Waals surface area (Å²) in [6.07, 6.45) is 0. The Morgan fingerprint density at radius 1 is 1.23 bits per heavy atom. The van der Waals surface area contributed by atoms with Crippen LogP contribution < -0.4 is 10.9 Å². The Labute approximate surface area is 131 Å². The summed E-state index contributed by atoms with van der Waals surface area (Å²) < 4.78 is 13.0. The maximum absolute atomic E-state index is 13.0. The first kappa shape index (κ1) is 14.7. The van der Waals surface area contributed by atoms with Crippen molar-refractivity contribution in [3.05, 3.63) is 46.5 Å². The second kappa shape index (κ2) is 5.21. The van der Waals surface area contributed by atoms with E-state index in [1.165, 1.54) is 23.5 Å². The standard InChI is InChI=1S/C16H16FN3OS/c1-16(2,3)20-15-18-13(21)11-8-12(22-14(11)19-15)9-4-6-10(17)7-5-9/h4-8H,1-3H3,(H2,18,19,20,21). The molecule has 0 atom stereocenters. The molecule has 2 N–H and O–H groups in total. The molecular weight excluding hydrogens is 301 g/mol. The SMILES string of the molecule is CC(C)(C)Nc1nc2sc(-c3ccc(F)cc3)cc2c(=O)[nH]1. The van der Waals surface area contributed by atoms with Gasteiger partial charge in [-0.05, 0) is 44.5 Å². The molecule has 1 aromatic carbocycles. The molecule has 0 fully saturated rings. The summed E-state index contributed by atoms with van der Waals surface area (Å²) in [5.41, 5.74) is 0.496. The van der Waals surface area contributed by atoms with E-state index in [0.29, 0.717) is 16.2 Å².